The molecule has 12 heavy (non-hydrogen) atoms. The first-order chi connectivity index (χ1) is 5.38. The van der Waals surface area contributed by atoms with Crippen molar-refractivity contribution in [3.63, 3.8) is 0 Å². The third-order valence-corrected chi connectivity index (χ3v) is 3.61. The standard InChI is InChI=1S/C7H16ClNO2S/c1-7(6-8)4-5-9(2)12(3,10)11/h7H,4-6H2,1-3H3. The first kappa shape index (κ1) is 12.2. The van der Waals surface area contributed by atoms with Gasteiger partial charge in [0.2, 0.25) is 10.0 Å². The highest BCUT2D eigenvalue weighted by Crippen LogP contribution is 2.06. The van der Waals surface area contributed by atoms with Crippen molar-refractivity contribution in [3.8, 4) is 0 Å². The number of sulfonamides is 1. The van der Waals surface area contributed by atoms with Crippen molar-refractivity contribution in [1.29, 1.82) is 0 Å². The van der Waals surface area contributed by atoms with Gasteiger partial charge in [0.1, 0.15) is 0 Å². The zero-order valence-corrected chi connectivity index (χ0v) is 9.32. The third-order valence-electron chi connectivity index (χ3n) is 1.77. The van der Waals surface area contributed by atoms with Crippen LogP contribution in [0, 0.1) is 5.92 Å². The van der Waals surface area contributed by atoms with Gasteiger partial charge in [-0.05, 0) is 12.3 Å². The molecule has 0 spiro atoms. The highest BCUT2D eigenvalue weighted by atomic mass is 35.5. The Hall–Kier alpha value is 0.200. The summed E-state index contributed by atoms with van der Waals surface area (Å²) in [6.07, 6.45) is 2.02. The summed E-state index contributed by atoms with van der Waals surface area (Å²) >= 11 is 5.58. The number of hydrogen-bond donors (Lipinski definition) is 0. The van der Waals surface area contributed by atoms with Gasteiger partial charge in [0.15, 0.2) is 0 Å². The SMILES string of the molecule is CC(CCl)CCN(C)S(C)(=O)=O. The van der Waals surface area contributed by atoms with E-state index < -0.39 is 10.0 Å². The topological polar surface area (TPSA) is 37.4 Å². The fourth-order valence-electron chi connectivity index (χ4n) is 0.645. The van der Waals surface area contributed by atoms with E-state index in [-0.39, 0.29) is 0 Å². The average molecular weight is 214 g/mol. The van der Waals surface area contributed by atoms with Crippen LogP contribution in [0.15, 0.2) is 0 Å². The van der Waals surface area contributed by atoms with E-state index in [1.165, 1.54) is 10.6 Å². The van der Waals surface area contributed by atoms with Crippen LogP contribution in [0.1, 0.15) is 13.3 Å². The van der Waals surface area contributed by atoms with E-state index in [2.05, 4.69) is 0 Å². The molecule has 0 radical (unpaired) electrons. The molecule has 5 heteroatoms. The van der Waals surface area contributed by atoms with Crippen molar-refractivity contribution in [2.45, 2.75) is 13.3 Å². The maximum absolute atomic E-state index is 10.9. The van der Waals surface area contributed by atoms with Crippen LogP contribution in [0.3, 0.4) is 0 Å². The Morgan fingerprint density at radius 2 is 2.00 bits per heavy atom. The Morgan fingerprint density at radius 3 is 2.33 bits per heavy atom. The number of nitrogens with zero attached hydrogens (tertiary/aromatic N) is 1. The van der Waals surface area contributed by atoms with Crippen LogP contribution in [0.25, 0.3) is 0 Å². The van der Waals surface area contributed by atoms with Crippen LogP contribution >= 0.6 is 11.6 Å². The molecule has 0 amide bonds. The zero-order chi connectivity index (χ0) is 9.78. The molecule has 0 aliphatic heterocycles. The van der Waals surface area contributed by atoms with Gasteiger partial charge in [-0.25, -0.2) is 12.7 Å². The first-order valence-electron chi connectivity index (χ1n) is 3.85. The summed E-state index contributed by atoms with van der Waals surface area (Å²) in [4.78, 5) is 0. The molecule has 0 aromatic heterocycles. The molecule has 0 aromatic rings. The average Bonchev–Trinajstić information content (AvgIpc) is 1.97. The van der Waals surface area contributed by atoms with E-state index >= 15 is 0 Å². The van der Waals surface area contributed by atoms with Crippen LogP contribution in [0.5, 0.6) is 0 Å². The largest absolute Gasteiger partial charge is 0.213 e. The molecule has 74 valence electrons. The lowest BCUT2D eigenvalue weighted by Crippen LogP contribution is -2.27. The van der Waals surface area contributed by atoms with E-state index in [9.17, 15) is 8.42 Å². The lowest BCUT2D eigenvalue weighted by Gasteiger charge is -2.15. The molecule has 1 unspecified atom stereocenters. The Bertz CT molecular complexity index is 215. The minimum Gasteiger partial charge on any atom is -0.213 e. The molecular weight excluding hydrogens is 198 g/mol. The summed E-state index contributed by atoms with van der Waals surface area (Å²) in [5.74, 6) is 0.952. The number of halogens is 1. The lowest BCUT2D eigenvalue weighted by atomic mass is 10.1. The zero-order valence-electron chi connectivity index (χ0n) is 7.75. The van der Waals surface area contributed by atoms with Gasteiger partial charge in [-0.15, -0.1) is 11.6 Å². The first-order valence-corrected chi connectivity index (χ1v) is 6.23. The van der Waals surface area contributed by atoms with Crippen LogP contribution in [0.4, 0.5) is 0 Å². The molecule has 0 aliphatic carbocycles. The molecule has 1 atom stereocenters. The number of hydrogen-bond acceptors (Lipinski definition) is 2. The van der Waals surface area contributed by atoms with E-state index in [0.717, 1.165) is 6.42 Å². The summed E-state index contributed by atoms with van der Waals surface area (Å²) in [6, 6.07) is 0. The quantitative estimate of drug-likeness (QED) is 0.643. The maximum atomic E-state index is 10.9. The third kappa shape index (κ3) is 4.95. The van der Waals surface area contributed by atoms with Gasteiger partial charge < -0.3 is 0 Å². The van der Waals surface area contributed by atoms with E-state index in [4.69, 9.17) is 11.6 Å². The summed E-state index contributed by atoms with van der Waals surface area (Å²) in [5.41, 5.74) is 0. The monoisotopic (exact) mass is 213 g/mol. The Kier molecular flexibility index (Phi) is 5.13. The molecule has 3 nitrogen and oxygen atoms in total. The van der Waals surface area contributed by atoms with Crippen molar-refractivity contribution in [2.24, 2.45) is 5.92 Å². The van der Waals surface area contributed by atoms with Crippen LogP contribution in [-0.2, 0) is 10.0 Å². The van der Waals surface area contributed by atoms with Gasteiger partial charge in [0, 0.05) is 19.5 Å². The summed E-state index contributed by atoms with van der Waals surface area (Å²) in [6.45, 7) is 2.55. The molecule has 0 N–H and O–H groups in total. The number of alkyl halides is 1. The van der Waals surface area contributed by atoms with Gasteiger partial charge >= 0.3 is 0 Å². The fourth-order valence-corrected chi connectivity index (χ4v) is 1.24. The summed E-state index contributed by atoms with van der Waals surface area (Å²) in [7, 11) is -1.44. The molecule has 0 saturated carbocycles. The molecule has 0 heterocycles. The minimum atomic E-state index is -3.02. The highest BCUT2D eigenvalue weighted by Gasteiger charge is 2.11. The van der Waals surface area contributed by atoms with E-state index in [1.54, 1.807) is 7.05 Å². The molecule has 0 saturated heterocycles. The van der Waals surface area contributed by atoms with Crippen LogP contribution in [-0.4, -0.2) is 38.5 Å². The van der Waals surface area contributed by atoms with Gasteiger partial charge in [-0.1, -0.05) is 6.92 Å². The highest BCUT2D eigenvalue weighted by molar-refractivity contribution is 7.88. The Labute approximate surface area is 79.8 Å². The molecule has 0 aliphatic rings. The van der Waals surface area contributed by atoms with Crippen LogP contribution < -0.4 is 0 Å². The normalized spacial score (nSPS) is 15.1. The second kappa shape index (κ2) is 5.04. The van der Waals surface area contributed by atoms with Gasteiger partial charge in [-0.3, -0.25) is 0 Å². The van der Waals surface area contributed by atoms with E-state index in [1.807, 2.05) is 6.92 Å². The molecule has 0 bridgehead atoms. The maximum Gasteiger partial charge on any atom is 0.210 e. The minimum absolute atomic E-state index is 0.371. The van der Waals surface area contributed by atoms with E-state index in [0.29, 0.717) is 18.3 Å². The smallest absolute Gasteiger partial charge is 0.210 e. The summed E-state index contributed by atoms with van der Waals surface area (Å²) in [5, 5.41) is 0. The second-order valence-corrected chi connectivity index (χ2v) is 5.53. The van der Waals surface area contributed by atoms with Crippen LogP contribution in [0.2, 0.25) is 0 Å². The number of rotatable bonds is 5. The predicted molar refractivity (Wildman–Crippen MR) is 52.0 cm³/mol. The predicted octanol–water partition coefficient (Wildman–Crippen LogP) is 1.14. The second-order valence-electron chi connectivity index (χ2n) is 3.13. The van der Waals surface area contributed by atoms with Crippen molar-refractivity contribution in [2.75, 3.05) is 25.7 Å². The fraction of sp³-hybridized carbons (Fsp3) is 1.00. The Morgan fingerprint density at radius 1 is 1.50 bits per heavy atom. The lowest BCUT2D eigenvalue weighted by molar-refractivity contribution is 0.433. The molecule has 0 rings (SSSR count). The summed E-state index contributed by atoms with van der Waals surface area (Å²) < 4.78 is 23.2. The van der Waals surface area contributed by atoms with Crippen molar-refractivity contribution < 1.29 is 8.42 Å². The van der Waals surface area contributed by atoms with Gasteiger partial charge in [-0.2, -0.15) is 0 Å². The van der Waals surface area contributed by atoms with Gasteiger partial charge in [0.25, 0.3) is 0 Å². The molecular formula is C7H16ClNO2S. The Balaban J connectivity index is 3.80. The van der Waals surface area contributed by atoms with Gasteiger partial charge in [0.05, 0.1) is 6.26 Å². The van der Waals surface area contributed by atoms with Crippen molar-refractivity contribution >= 4 is 21.6 Å². The van der Waals surface area contributed by atoms with Crippen molar-refractivity contribution in [1.82, 2.24) is 4.31 Å². The molecule has 0 fully saturated rings. The van der Waals surface area contributed by atoms with Crippen molar-refractivity contribution in [3.05, 3.63) is 0 Å². The molecule has 0 aromatic carbocycles.